The van der Waals surface area contributed by atoms with E-state index in [1.165, 1.54) is 148 Å². The van der Waals surface area contributed by atoms with E-state index in [1.54, 1.807) is 0 Å². The number of ether oxygens (including phenoxy) is 2. The van der Waals surface area contributed by atoms with Crippen LogP contribution in [-0.4, -0.2) is 75.6 Å². The molecule has 0 heterocycles. The Morgan fingerprint density at radius 2 is 0.887 bits per heavy atom. The molecule has 2 atom stereocenters. The van der Waals surface area contributed by atoms with Gasteiger partial charge in [-0.2, -0.15) is 0 Å². The quantitative estimate of drug-likeness (QED) is 0.0214. The molecule has 0 saturated carbocycles. The molecule has 1 N–H and O–H groups in total. The number of esters is 1. The van der Waals surface area contributed by atoms with Gasteiger partial charge in [0.25, 0.3) is 0 Å². The van der Waals surface area contributed by atoms with Crippen LogP contribution in [0.3, 0.4) is 0 Å². The Hall–Kier alpha value is -1.54. The minimum absolute atomic E-state index is 0.0858. The van der Waals surface area contributed by atoms with Gasteiger partial charge in [-0.3, -0.25) is 13.8 Å². The molecule has 0 aromatic heterocycles. The highest BCUT2D eigenvalue weighted by Crippen LogP contribution is 2.43. The van der Waals surface area contributed by atoms with Crippen LogP contribution in [-0.2, 0) is 27.9 Å². The largest absolute Gasteiger partial charge is 0.472 e. The number of rotatable bonds is 48. The molecule has 0 aromatic carbocycles. The third kappa shape index (κ3) is 49.5. The maximum absolute atomic E-state index is 12.7. The van der Waals surface area contributed by atoms with Crippen molar-refractivity contribution in [3.05, 3.63) is 48.6 Å². The second-order valence-corrected chi connectivity index (χ2v) is 20.0. The van der Waals surface area contributed by atoms with Crippen LogP contribution in [0.2, 0.25) is 0 Å². The Morgan fingerprint density at radius 1 is 0.500 bits per heavy atom. The first-order chi connectivity index (χ1) is 30.1. The zero-order valence-corrected chi connectivity index (χ0v) is 42.3. The van der Waals surface area contributed by atoms with Crippen molar-refractivity contribution in [3.63, 3.8) is 0 Å². The summed E-state index contributed by atoms with van der Waals surface area (Å²) in [5.74, 6) is -0.323. The molecule has 0 aromatic rings. The highest BCUT2D eigenvalue weighted by molar-refractivity contribution is 7.47. The second-order valence-electron chi connectivity index (χ2n) is 18.5. The van der Waals surface area contributed by atoms with E-state index in [2.05, 4.69) is 62.5 Å². The number of hydrogen-bond acceptors (Lipinski definition) is 6. The average Bonchev–Trinajstić information content (AvgIpc) is 3.23. The number of unbranched alkanes of at least 4 members (excludes halogenated alkanes) is 26. The first-order valence-electron chi connectivity index (χ1n) is 25.9. The van der Waals surface area contributed by atoms with Crippen LogP contribution < -0.4 is 0 Å². The summed E-state index contributed by atoms with van der Waals surface area (Å²) >= 11 is 0. The fourth-order valence-corrected chi connectivity index (χ4v) is 7.83. The number of nitrogens with zero attached hydrogens (tertiary/aromatic N) is 1. The van der Waals surface area contributed by atoms with Gasteiger partial charge in [-0.05, 0) is 77.0 Å². The molecule has 0 spiro atoms. The van der Waals surface area contributed by atoms with Crippen LogP contribution in [0.4, 0.5) is 0 Å². The van der Waals surface area contributed by atoms with Crippen molar-refractivity contribution in [3.8, 4) is 0 Å². The lowest BCUT2D eigenvalue weighted by molar-refractivity contribution is -0.870. The van der Waals surface area contributed by atoms with Crippen molar-refractivity contribution in [2.24, 2.45) is 0 Å². The number of phosphoric ester groups is 1. The second kappa shape index (κ2) is 46.0. The monoisotopic (exact) mass is 895 g/mol. The van der Waals surface area contributed by atoms with E-state index in [1.807, 2.05) is 21.1 Å². The predicted molar refractivity (Wildman–Crippen MR) is 266 cm³/mol. The van der Waals surface area contributed by atoms with Crippen LogP contribution in [0.5, 0.6) is 0 Å². The molecule has 62 heavy (non-hydrogen) atoms. The summed E-state index contributed by atoms with van der Waals surface area (Å²) in [5.41, 5.74) is 0. The summed E-state index contributed by atoms with van der Waals surface area (Å²) in [6.07, 6.45) is 57.3. The Morgan fingerprint density at radius 3 is 1.34 bits per heavy atom. The molecule has 0 amide bonds. The van der Waals surface area contributed by atoms with Gasteiger partial charge in [0.1, 0.15) is 19.3 Å². The normalized spacial score (nSPS) is 14.0. The molecule has 364 valence electrons. The van der Waals surface area contributed by atoms with Gasteiger partial charge in [0, 0.05) is 13.0 Å². The molecule has 0 aliphatic heterocycles. The third-order valence-corrected chi connectivity index (χ3v) is 12.1. The summed E-state index contributed by atoms with van der Waals surface area (Å²) in [6, 6.07) is 0. The number of carbonyl (C=O) groups excluding carboxylic acids is 1. The van der Waals surface area contributed by atoms with E-state index in [0.29, 0.717) is 24.1 Å². The van der Waals surface area contributed by atoms with Crippen LogP contribution in [0.15, 0.2) is 48.6 Å². The van der Waals surface area contributed by atoms with Gasteiger partial charge in [-0.1, -0.05) is 191 Å². The molecule has 9 heteroatoms. The van der Waals surface area contributed by atoms with Crippen molar-refractivity contribution in [1.82, 2.24) is 0 Å². The number of hydrogen-bond donors (Lipinski definition) is 1. The summed E-state index contributed by atoms with van der Waals surface area (Å²) in [5, 5.41) is 0. The Kier molecular flexibility index (Phi) is 44.9. The van der Waals surface area contributed by atoms with Crippen LogP contribution >= 0.6 is 7.82 Å². The number of likely N-dealkylation sites (N-methyl/N-ethyl adjacent to an activating group) is 1. The SMILES string of the molecule is CCCCCCC/C=C\C/C=C\C/C=C\CCCCCCCCCCCCCOCC(COP(=O)(O)OCC[N+](C)(C)C)OC(=O)CCCCCCC/C=C\CCCCCCC. The van der Waals surface area contributed by atoms with E-state index in [-0.39, 0.29) is 25.8 Å². The molecule has 0 saturated heterocycles. The van der Waals surface area contributed by atoms with Gasteiger partial charge in [-0.15, -0.1) is 0 Å². The maximum Gasteiger partial charge on any atom is 0.472 e. The maximum atomic E-state index is 12.7. The van der Waals surface area contributed by atoms with Crippen LogP contribution in [0.25, 0.3) is 0 Å². The van der Waals surface area contributed by atoms with Crippen molar-refractivity contribution < 1.29 is 37.3 Å². The molecule has 0 aliphatic rings. The fraction of sp³-hybridized carbons (Fsp3) is 0.830. The molecule has 0 fully saturated rings. The van der Waals surface area contributed by atoms with Crippen LogP contribution in [0.1, 0.15) is 226 Å². The number of phosphoric acid groups is 1. The van der Waals surface area contributed by atoms with Crippen LogP contribution in [0, 0.1) is 0 Å². The summed E-state index contributed by atoms with van der Waals surface area (Å²) in [4.78, 5) is 23.0. The Bertz CT molecular complexity index is 1130. The molecular weight excluding hydrogens is 794 g/mol. The van der Waals surface area contributed by atoms with E-state index >= 15 is 0 Å². The van der Waals surface area contributed by atoms with Crippen molar-refractivity contribution >= 4 is 13.8 Å². The smallest absolute Gasteiger partial charge is 0.457 e. The van der Waals surface area contributed by atoms with Gasteiger partial charge in [-0.25, -0.2) is 4.57 Å². The van der Waals surface area contributed by atoms with E-state index < -0.39 is 13.9 Å². The highest BCUT2D eigenvalue weighted by Gasteiger charge is 2.26. The van der Waals surface area contributed by atoms with Crippen molar-refractivity contribution in [2.45, 2.75) is 232 Å². The Labute approximate surface area is 384 Å². The van der Waals surface area contributed by atoms with E-state index in [9.17, 15) is 14.3 Å². The van der Waals surface area contributed by atoms with E-state index in [0.717, 1.165) is 57.8 Å². The minimum atomic E-state index is -4.28. The first-order valence-corrected chi connectivity index (χ1v) is 27.4. The molecule has 2 unspecified atom stereocenters. The lowest BCUT2D eigenvalue weighted by Gasteiger charge is -2.24. The number of carbonyl (C=O) groups is 1. The molecule has 0 radical (unpaired) electrons. The molecule has 0 bridgehead atoms. The summed E-state index contributed by atoms with van der Waals surface area (Å²) < 4.78 is 35.1. The molecule has 0 aliphatic carbocycles. The van der Waals surface area contributed by atoms with Gasteiger partial charge < -0.3 is 18.9 Å². The zero-order chi connectivity index (χ0) is 45.5. The van der Waals surface area contributed by atoms with Gasteiger partial charge in [0.15, 0.2) is 0 Å². The molecular formula is C53H101NO7P+. The lowest BCUT2D eigenvalue weighted by Crippen LogP contribution is -2.37. The van der Waals surface area contributed by atoms with Gasteiger partial charge >= 0.3 is 13.8 Å². The third-order valence-electron chi connectivity index (χ3n) is 11.1. The zero-order valence-electron chi connectivity index (χ0n) is 41.4. The Balaban J connectivity index is 4.09. The van der Waals surface area contributed by atoms with E-state index in [4.69, 9.17) is 18.5 Å². The minimum Gasteiger partial charge on any atom is -0.457 e. The number of quaternary nitrogens is 1. The lowest BCUT2D eigenvalue weighted by atomic mass is 10.1. The average molecular weight is 895 g/mol. The van der Waals surface area contributed by atoms with Gasteiger partial charge in [0.05, 0.1) is 34.4 Å². The van der Waals surface area contributed by atoms with Crippen molar-refractivity contribution in [1.29, 1.82) is 0 Å². The summed E-state index contributed by atoms with van der Waals surface area (Å²) in [6.45, 7) is 5.60. The predicted octanol–water partition coefficient (Wildman–Crippen LogP) is 15.9. The standard InChI is InChI=1S/C53H100NO7P/c1-6-8-10-12-14-16-18-20-22-23-24-25-26-27-28-29-30-31-32-33-35-37-39-41-43-45-48-58-50-52(51-60-62(56,57)59-49-47-54(3,4)5)61-53(55)46-44-42-40-38-36-34-21-19-17-15-13-11-9-7-2/h18-21,23-24,26-27,52H,6-17,22,25,28-51H2,1-5H3/p+1/b20-18-,21-19-,24-23-,27-26-. The topological polar surface area (TPSA) is 91.3 Å². The fourth-order valence-electron chi connectivity index (χ4n) is 7.08. The first kappa shape index (κ1) is 60.5. The molecule has 0 rings (SSSR count). The van der Waals surface area contributed by atoms with Crippen molar-refractivity contribution in [2.75, 3.05) is 54.1 Å². The number of allylic oxidation sites excluding steroid dienone is 8. The van der Waals surface area contributed by atoms with Gasteiger partial charge in [0.2, 0.25) is 0 Å². The highest BCUT2D eigenvalue weighted by atomic mass is 31.2. The molecule has 8 nitrogen and oxygen atoms in total. The summed E-state index contributed by atoms with van der Waals surface area (Å²) in [7, 11) is 1.66.